The molecule has 2 N–H and O–H groups in total. The van der Waals surface area contributed by atoms with Crippen LogP contribution in [0.5, 0.6) is 11.5 Å². The Hall–Kier alpha value is -2.75. The molecule has 0 radical (unpaired) electrons. The van der Waals surface area contributed by atoms with E-state index in [1.165, 1.54) is 23.5 Å². The van der Waals surface area contributed by atoms with Gasteiger partial charge in [0.15, 0.2) is 17.2 Å². The Kier molecular flexibility index (Phi) is 4.51. The van der Waals surface area contributed by atoms with Crippen molar-refractivity contribution in [1.82, 2.24) is 4.98 Å². The van der Waals surface area contributed by atoms with Gasteiger partial charge in [0, 0.05) is 16.9 Å². The average Bonchev–Trinajstić information content (AvgIpc) is 2.83. The highest BCUT2D eigenvalue weighted by Gasteiger charge is 2.15. The van der Waals surface area contributed by atoms with Gasteiger partial charge >= 0.3 is 0 Å². The third kappa shape index (κ3) is 3.28. The van der Waals surface area contributed by atoms with Crippen LogP contribution in [0, 0.1) is 21.9 Å². The summed E-state index contributed by atoms with van der Waals surface area (Å²) >= 11 is 1.25. The van der Waals surface area contributed by atoms with E-state index in [0.29, 0.717) is 22.7 Å². The van der Waals surface area contributed by atoms with Gasteiger partial charge in [0.1, 0.15) is 11.6 Å². The van der Waals surface area contributed by atoms with Crippen LogP contribution >= 0.6 is 11.3 Å². The standard InChI is InChI=1S/C12H11N3O6S/c1-6-10(2-3-21-15(19)20)22-12(13-6)7-4-8(14-18)11(17)9(16)5-7/h4-5,16-17H,2-3H2,1H3. The minimum absolute atomic E-state index is 0.0859. The molecule has 1 aromatic heterocycles. The number of hydrogen-bond donors (Lipinski definition) is 2. The fourth-order valence-electron chi connectivity index (χ4n) is 1.79. The lowest BCUT2D eigenvalue weighted by atomic mass is 10.2. The maximum absolute atomic E-state index is 10.6. The lowest BCUT2D eigenvalue weighted by molar-refractivity contribution is -0.757. The van der Waals surface area contributed by atoms with Crippen molar-refractivity contribution in [2.24, 2.45) is 5.18 Å². The van der Waals surface area contributed by atoms with Gasteiger partial charge in [0.05, 0.1) is 5.69 Å². The van der Waals surface area contributed by atoms with Gasteiger partial charge in [-0.25, -0.2) is 4.98 Å². The van der Waals surface area contributed by atoms with Crippen LogP contribution in [0.25, 0.3) is 10.6 Å². The second-order valence-corrected chi connectivity index (χ2v) is 5.37. The zero-order chi connectivity index (χ0) is 16.3. The van der Waals surface area contributed by atoms with Gasteiger partial charge in [-0.2, -0.15) is 0 Å². The van der Waals surface area contributed by atoms with E-state index in [9.17, 15) is 25.2 Å². The summed E-state index contributed by atoms with van der Waals surface area (Å²) in [5.41, 5.74) is 0.792. The van der Waals surface area contributed by atoms with Crippen LogP contribution < -0.4 is 0 Å². The summed E-state index contributed by atoms with van der Waals surface area (Å²) in [6.07, 6.45) is 0.313. The number of nitrogens with zero attached hydrogens (tertiary/aromatic N) is 3. The SMILES string of the molecule is Cc1nc(-c2cc(O)c(O)c(N=O)c2)sc1CCO[N+](=O)[O-]. The monoisotopic (exact) mass is 325 g/mol. The number of aromatic hydroxyl groups is 2. The Morgan fingerprint density at radius 1 is 1.45 bits per heavy atom. The first-order valence-electron chi connectivity index (χ1n) is 6.05. The highest BCUT2D eigenvalue weighted by molar-refractivity contribution is 7.15. The van der Waals surface area contributed by atoms with Gasteiger partial charge in [-0.05, 0) is 24.2 Å². The highest BCUT2D eigenvalue weighted by atomic mass is 32.1. The van der Waals surface area contributed by atoms with Crippen molar-refractivity contribution in [1.29, 1.82) is 0 Å². The molecule has 10 heteroatoms. The molecule has 0 unspecified atom stereocenters. The van der Waals surface area contributed by atoms with E-state index >= 15 is 0 Å². The first-order chi connectivity index (χ1) is 10.4. The van der Waals surface area contributed by atoms with E-state index in [1.807, 2.05) is 0 Å². The second-order valence-electron chi connectivity index (χ2n) is 4.29. The Bertz CT molecular complexity index is 730. The molecule has 0 aliphatic heterocycles. The van der Waals surface area contributed by atoms with E-state index in [4.69, 9.17) is 0 Å². The van der Waals surface area contributed by atoms with Crippen molar-refractivity contribution >= 4 is 17.0 Å². The molecule has 0 amide bonds. The molecule has 2 aromatic rings. The molecule has 22 heavy (non-hydrogen) atoms. The van der Waals surface area contributed by atoms with Crippen LogP contribution in [0.4, 0.5) is 5.69 Å². The summed E-state index contributed by atoms with van der Waals surface area (Å²) in [6, 6.07) is 2.57. The molecule has 0 aliphatic carbocycles. The first-order valence-corrected chi connectivity index (χ1v) is 6.87. The molecule has 0 atom stereocenters. The van der Waals surface area contributed by atoms with Crippen molar-refractivity contribution in [3.63, 3.8) is 0 Å². The first kappa shape index (κ1) is 15.6. The predicted molar refractivity (Wildman–Crippen MR) is 77.7 cm³/mol. The number of benzene rings is 1. The zero-order valence-corrected chi connectivity index (χ0v) is 12.2. The van der Waals surface area contributed by atoms with Gasteiger partial charge in [-0.1, -0.05) is 0 Å². The molecular weight excluding hydrogens is 314 g/mol. The molecule has 0 spiro atoms. The molecule has 1 aromatic carbocycles. The summed E-state index contributed by atoms with van der Waals surface area (Å²) in [7, 11) is 0. The van der Waals surface area contributed by atoms with Crippen LogP contribution in [-0.4, -0.2) is 26.9 Å². The Morgan fingerprint density at radius 2 is 2.18 bits per heavy atom. The van der Waals surface area contributed by atoms with Crippen molar-refractivity contribution in [2.75, 3.05) is 6.61 Å². The fraction of sp³-hybridized carbons (Fsp3) is 0.250. The molecule has 1 heterocycles. The zero-order valence-electron chi connectivity index (χ0n) is 11.3. The fourth-order valence-corrected chi connectivity index (χ4v) is 2.82. The summed E-state index contributed by atoms with van der Waals surface area (Å²) in [4.78, 5) is 30.1. The molecule has 2 rings (SSSR count). The summed E-state index contributed by atoms with van der Waals surface area (Å²) in [5, 5.41) is 31.4. The van der Waals surface area contributed by atoms with E-state index in [0.717, 1.165) is 4.88 Å². The van der Waals surface area contributed by atoms with Crippen LogP contribution in [0.15, 0.2) is 17.3 Å². The van der Waals surface area contributed by atoms with Crippen molar-refractivity contribution in [2.45, 2.75) is 13.3 Å². The van der Waals surface area contributed by atoms with Crippen molar-refractivity contribution < 1.29 is 20.1 Å². The van der Waals surface area contributed by atoms with Crippen LogP contribution in [0.3, 0.4) is 0 Å². The molecule has 0 saturated heterocycles. The third-order valence-corrected chi connectivity index (χ3v) is 4.10. The lowest BCUT2D eigenvalue weighted by Crippen LogP contribution is -2.04. The Balaban J connectivity index is 2.28. The van der Waals surface area contributed by atoms with E-state index in [2.05, 4.69) is 15.0 Å². The largest absolute Gasteiger partial charge is 0.504 e. The van der Waals surface area contributed by atoms with Crippen LogP contribution in [0.1, 0.15) is 10.6 Å². The third-order valence-electron chi connectivity index (χ3n) is 2.83. The molecule has 0 saturated carbocycles. The maximum Gasteiger partial charge on any atom is 0.294 e. The number of aryl methyl sites for hydroxylation is 1. The number of phenols is 2. The number of thiazole rings is 1. The van der Waals surface area contributed by atoms with E-state index in [-0.39, 0.29) is 12.3 Å². The minimum Gasteiger partial charge on any atom is -0.504 e. The molecular formula is C12H11N3O6S. The lowest BCUT2D eigenvalue weighted by Gasteiger charge is -2.02. The van der Waals surface area contributed by atoms with Crippen LogP contribution in [-0.2, 0) is 11.3 Å². The topological polar surface area (TPSA) is 135 Å². The van der Waals surface area contributed by atoms with Gasteiger partial charge in [-0.15, -0.1) is 26.4 Å². The summed E-state index contributed by atoms with van der Waals surface area (Å²) in [6.45, 7) is 1.65. The van der Waals surface area contributed by atoms with Gasteiger partial charge in [-0.3, -0.25) is 0 Å². The molecule has 0 aliphatic rings. The number of phenolic OH excluding ortho intramolecular Hbond substituents is 2. The minimum atomic E-state index is -0.864. The van der Waals surface area contributed by atoms with Gasteiger partial charge < -0.3 is 15.1 Å². The molecule has 0 fully saturated rings. The second kappa shape index (κ2) is 6.35. The number of rotatable bonds is 6. The Morgan fingerprint density at radius 3 is 2.82 bits per heavy atom. The summed E-state index contributed by atoms with van der Waals surface area (Å²) in [5.74, 6) is -1.06. The smallest absolute Gasteiger partial charge is 0.294 e. The number of aromatic nitrogens is 1. The van der Waals surface area contributed by atoms with Crippen molar-refractivity contribution in [3.05, 3.63) is 37.7 Å². The molecule has 9 nitrogen and oxygen atoms in total. The van der Waals surface area contributed by atoms with Crippen molar-refractivity contribution in [3.8, 4) is 22.1 Å². The van der Waals surface area contributed by atoms with E-state index in [1.54, 1.807) is 6.92 Å². The normalized spacial score (nSPS) is 10.4. The average molecular weight is 325 g/mol. The number of nitroso groups, excluding NO2 is 1. The van der Waals surface area contributed by atoms with E-state index < -0.39 is 16.6 Å². The predicted octanol–water partition coefficient (Wildman–Crippen LogP) is 2.68. The molecule has 0 bridgehead atoms. The highest BCUT2D eigenvalue weighted by Crippen LogP contribution is 2.41. The van der Waals surface area contributed by atoms with Gasteiger partial charge in [0.25, 0.3) is 5.09 Å². The molecule has 116 valence electrons. The maximum atomic E-state index is 10.6. The van der Waals surface area contributed by atoms with Crippen LogP contribution in [0.2, 0.25) is 0 Å². The quantitative estimate of drug-likeness (QED) is 0.360. The summed E-state index contributed by atoms with van der Waals surface area (Å²) < 4.78 is 0. The number of hydrogen-bond acceptors (Lipinski definition) is 9. The Labute approximate surface area is 127 Å². The van der Waals surface area contributed by atoms with Gasteiger partial charge in [0.2, 0.25) is 0 Å².